The molecule has 21 heavy (non-hydrogen) atoms. The Morgan fingerprint density at radius 3 is 3.00 bits per heavy atom. The largest absolute Gasteiger partial charge is 0.492 e. The highest BCUT2D eigenvalue weighted by Crippen LogP contribution is 2.17. The van der Waals surface area contributed by atoms with Gasteiger partial charge in [-0.15, -0.1) is 0 Å². The van der Waals surface area contributed by atoms with Gasteiger partial charge in [0, 0.05) is 25.7 Å². The zero-order valence-electron chi connectivity index (χ0n) is 12.3. The van der Waals surface area contributed by atoms with Crippen molar-refractivity contribution in [2.24, 2.45) is 0 Å². The molecule has 0 aliphatic carbocycles. The molecule has 6 heteroatoms. The number of ether oxygens (including phenoxy) is 2. The fraction of sp³-hybridized carbons (Fsp3) is 0.533. The fourth-order valence-electron chi connectivity index (χ4n) is 2.30. The second-order valence-electron chi connectivity index (χ2n) is 5.12. The lowest BCUT2D eigenvalue weighted by atomic mass is 10.2. The molecule has 0 aromatic heterocycles. The summed E-state index contributed by atoms with van der Waals surface area (Å²) < 4.78 is 10.8. The Morgan fingerprint density at radius 1 is 1.52 bits per heavy atom. The molecule has 1 amide bonds. The molecule has 0 saturated carbocycles. The van der Waals surface area contributed by atoms with E-state index >= 15 is 0 Å². The van der Waals surface area contributed by atoms with Gasteiger partial charge >= 0.3 is 0 Å². The molecule has 5 nitrogen and oxygen atoms in total. The topological polar surface area (TPSA) is 50.8 Å². The van der Waals surface area contributed by atoms with Crippen molar-refractivity contribution in [2.75, 3.05) is 33.9 Å². The third kappa shape index (κ3) is 4.59. The van der Waals surface area contributed by atoms with Crippen molar-refractivity contribution in [3.63, 3.8) is 0 Å². The number of rotatable bonds is 6. The summed E-state index contributed by atoms with van der Waals surface area (Å²) in [6, 6.07) is 7.06. The Kier molecular flexibility index (Phi) is 5.85. The van der Waals surface area contributed by atoms with E-state index in [2.05, 4.69) is 5.32 Å². The van der Waals surface area contributed by atoms with Crippen molar-refractivity contribution in [3.8, 4) is 5.75 Å². The van der Waals surface area contributed by atoms with E-state index in [0.29, 0.717) is 23.9 Å². The number of carbonyl (C=O) groups excluding carboxylic acids is 1. The molecular weight excluding hydrogens is 292 g/mol. The molecule has 1 aliphatic rings. The van der Waals surface area contributed by atoms with Crippen molar-refractivity contribution in [1.82, 2.24) is 10.2 Å². The molecule has 1 aromatic rings. The molecule has 1 fully saturated rings. The predicted octanol–water partition coefficient (Wildman–Crippen LogP) is 1.55. The summed E-state index contributed by atoms with van der Waals surface area (Å²) >= 11 is 5.89. The van der Waals surface area contributed by atoms with Gasteiger partial charge in [-0.05, 0) is 24.6 Å². The highest BCUT2D eigenvalue weighted by Gasteiger charge is 2.30. The van der Waals surface area contributed by atoms with E-state index in [1.165, 1.54) is 0 Å². The van der Waals surface area contributed by atoms with Crippen LogP contribution in [0.1, 0.15) is 6.42 Å². The van der Waals surface area contributed by atoms with Gasteiger partial charge in [0.1, 0.15) is 12.4 Å². The molecule has 0 radical (unpaired) electrons. The number of likely N-dealkylation sites (N-methyl/N-ethyl adjacent to an activating group) is 1. The van der Waals surface area contributed by atoms with Gasteiger partial charge in [0.2, 0.25) is 5.91 Å². The summed E-state index contributed by atoms with van der Waals surface area (Å²) in [6.07, 6.45) is 0.838. The van der Waals surface area contributed by atoms with E-state index in [9.17, 15) is 4.79 Å². The Balaban J connectivity index is 1.74. The maximum atomic E-state index is 12.2. The Bertz CT molecular complexity index is 484. The fourth-order valence-corrected chi connectivity index (χ4v) is 2.48. The zero-order chi connectivity index (χ0) is 15.2. The van der Waals surface area contributed by atoms with E-state index in [0.717, 1.165) is 13.0 Å². The molecule has 2 unspecified atom stereocenters. The summed E-state index contributed by atoms with van der Waals surface area (Å²) in [5, 5.41) is 3.82. The van der Waals surface area contributed by atoms with Crippen LogP contribution in [0.2, 0.25) is 5.02 Å². The van der Waals surface area contributed by atoms with Crippen LogP contribution in [0.4, 0.5) is 0 Å². The molecule has 1 N–H and O–H groups in total. The first-order chi connectivity index (χ1) is 10.1. The summed E-state index contributed by atoms with van der Waals surface area (Å²) in [6.45, 7) is 1.68. The molecule has 1 aliphatic heterocycles. The van der Waals surface area contributed by atoms with E-state index < -0.39 is 0 Å². The van der Waals surface area contributed by atoms with Crippen LogP contribution in [-0.2, 0) is 9.53 Å². The van der Waals surface area contributed by atoms with Gasteiger partial charge in [-0.3, -0.25) is 4.79 Å². The van der Waals surface area contributed by atoms with Gasteiger partial charge in [0.05, 0.1) is 18.7 Å². The number of amides is 1. The van der Waals surface area contributed by atoms with E-state index in [1.54, 1.807) is 31.2 Å². The van der Waals surface area contributed by atoms with Gasteiger partial charge in [-0.1, -0.05) is 17.7 Å². The number of hydrogen-bond donors (Lipinski definition) is 1. The van der Waals surface area contributed by atoms with Crippen molar-refractivity contribution < 1.29 is 14.3 Å². The molecule has 1 saturated heterocycles. The summed E-state index contributed by atoms with van der Waals surface area (Å²) in [4.78, 5) is 13.9. The monoisotopic (exact) mass is 312 g/mol. The SMILES string of the molecule is COC1CNC(C(=O)N(C)CCOc2cccc(Cl)c2)C1. The van der Waals surface area contributed by atoms with Crippen LogP contribution < -0.4 is 10.1 Å². The van der Waals surface area contributed by atoms with Gasteiger partial charge in [-0.2, -0.15) is 0 Å². The predicted molar refractivity (Wildman–Crippen MR) is 81.8 cm³/mol. The van der Waals surface area contributed by atoms with Crippen LogP contribution in [0.3, 0.4) is 0 Å². The number of nitrogens with one attached hydrogen (secondary N) is 1. The van der Waals surface area contributed by atoms with Crippen molar-refractivity contribution in [1.29, 1.82) is 0 Å². The maximum Gasteiger partial charge on any atom is 0.239 e. The summed E-state index contributed by atoms with van der Waals surface area (Å²) in [5.74, 6) is 0.783. The highest BCUT2D eigenvalue weighted by molar-refractivity contribution is 6.30. The second-order valence-corrected chi connectivity index (χ2v) is 5.56. The van der Waals surface area contributed by atoms with Crippen LogP contribution in [0.5, 0.6) is 5.75 Å². The summed E-state index contributed by atoms with van der Waals surface area (Å²) in [7, 11) is 3.45. The lowest BCUT2D eigenvalue weighted by Crippen LogP contribution is -2.43. The zero-order valence-corrected chi connectivity index (χ0v) is 13.1. The Morgan fingerprint density at radius 2 is 2.33 bits per heavy atom. The standard InChI is InChI=1S/C15H21ClN2O3/c1-18(15(19)14-9-13(20-2)10-17-14)6-7-21-12-5-3-4-11(16)8-12/h3-5,8,13-14,17H,6-7,9-10H2,1-2H3. The third-order valence-electron chi connectivity index (χ3n) is 3.59. The van der Waals surface area contributed by atoms with Gasteiger partial charge in [0.25, 0.3) is 0 Å². The maximum absolute atomic E-state index is 12.2. The first kappa shape index (κ1) is 16.1. The van der Waals surface area contributed by atoms with Crippen molar-refractivity contribution in [2.45, 2.75) is 18.6 Å². The molecule has 0 spiro atoms. The first-order valence-electron chi connectivity index (χ1n) is 6.99. The van der Waals surface area contributed by atoms with Crippen LogP contribution >= 0.6 is 11.6 Å². The lowest BCUT2D eigenvalue weighted by molar-refractivity contribution is -0.132. The highest BCUT2D eigenvalue weighted by atomic mass is 35.5. The number of halogens is 1. The smallest absolute Gasteiger partial charge is 0.239 e. The Hall–Kier alpha value is -1.30. The minimum absolute atomic E-state index is 0.0734. The van der Waals surface area contributed by atoms with E-state index in [4.69, 9.17) is 21.1 Å². The van der Waals surface area contributed by atoms with E-state index in [1.807, 2.05) is 12.1 Å². The molecular formula is C15H21ClN2O3. The van der Waals surface area contributed by atoms with Gasteiger partial charge in [0.15, 0.2) is 0 Å². The van der Waals surface area contributed by atoms with E-state index in [-0.39, 0.29) is 18.1 Å². The number of nitrogens with zero attached hydrogens (tertiary/aromatic N) is 1. The molecule has 2 atom stereocenters. The van der Waals surface area contributed by atoms with Crippen LogP contribution in [0.15, 0.2) is 24.3 Å². The number of methoxy groups -OCH3 is 1. The Labute approximate surface area is 130 Å². The number of carbonyl (C=O) groups is 1. The normalized spacial score (nSPS) is 21.3. The second kappa shape index (κ2) is 7.64. The quantitative estimate of drug-likeness (QED) is 0.866. The minimum Gasteiger partial charge on any atom is -0.492 e. The molecule has 1 aromatic carbocycles. The number of benzene rings is 1. The average molecular weight is 313 g/mol. The average Bonchev–Trinajstić information content (AvgIpc) is 2.95. The van der Waals surface area contributed by atoms with Crippen LogP contribution in [0.25, 0.3) is 0 Å². The van der Waals surface area contributed by atoms with Gasteiger partial charge in [-0.25, -0.2) is 0 Å². The van der Waals surface area contributed by atoms with Gasteiger partial charge < -0.3 is 19.7 Å². The number of hydrogen-bond acceptors (Lipinski definition) is 4. The third-order valence-corrected chi connectivity index (χ3v) is 3.82. The van der Waals surface area contributed by atoms with Crippen LogP contribution in [-0.4, -0.2) is 56.8 Å². The molecule has 2 rings (SSSR count). The van der Waals surface area contributed by atoms with Crippen molar-refractivity contribution in [3.05, 3.63) is 29.3 Å². The van der Waals surface area contributed by atoms with Crippen LogP contribution in [0, 0.1) is 0 Å². The minimum atomic E-state index is -0.161. The molecule has 0 bridgehead atoms. The molecule has 1 heterocycles. The molecule has 116 valence electrons. The lowest BCUT2D eigenvalue weighted by Gasteiger charge is -2.21. The first-order valence-corrected chi connectivity index (χ1v) is 7.37. The van der Waals surface area contributed by atoms with Crippen molar-refractivity contribution >= 4 is 17.5 Å². The summed E-state index contributed by atoms with van der Waals surface area (Å²) in [5.41, 5.74) is 0.